The molecule has 1 atom stereocenters. The molecule has 1 aliphatic carbocycles. The molecular formula is C12H15NO. The molecule has 0 radical (unpaired) electrons. The Morgan fingerprint density at radius 3 is 2.86 bits per heavy atom. The van der Waals surface area contributed by atoms with Crippen molar-refractivity contribution in [3.05, 3.63) is 34.4 Å². The summed E-state index contributed by atoms with van der Waals surface area (Å²) in [6.07, 6.45) is 2.14. The van der Waals surface area contributed by atoms with Gasteiger partial charge in [-0.05, 0) is 48.4 Å². The summed E-state index contributed by atoms with van der Waals surface area (Å²) in [6, 6.07) is 3.86. The minimum Gasteiger partial charge on any atom is -0.366 e. The Balaban J connectivity index is 2.64. The Bertz CT molecular complexity index is 396. The number of carbonyl (C=O) groups is 1. The van der Waals surface area contributed by atoms with E-state index in [0.29, 0.717) is 5.92 Å². The number of primary amides is 1. The van der Waals surface area contributed by atoms with Gasteiger partial charge in [-0.2, -0.15) is 0 Å². The number of hydrogen-bond acceptors (Lipinski definition) is 1. The van der Waals surface area contributed by atoms with Crippen molar-refractivity contribution in [2.24, 2.45) is 5.73 Å². The number of amides is 1. The third-order valence-corrected chi connectivity index (χ3v) is 3.16. The van der Waals surface area contributed by atoms with Gasteiger partial charge in [0, 0.05) is 5.56 Å². The first kappa shape index (κ1) is 9.25. The van der Waals surface area contributed by atoms with Crippen LogP contribution in [0.4, 0.5) is 0 Å². The quantitative estimate of drug-likeness (QED) is 0.722. The van der Waals surface area contributed by atoms with E-state index in [2.05, 4.69) is 13.8 Å². The first-order chi connectivity index (χ1) is 6.61. The maximum atomic E-state index is 11.2. The molecule has 1 aromatic carbocycles. The van der Waals surface area contributed by atoms with E-state index >= 15 is 0 Å². The molecule has 0 fully saturated rings. The smallest absolute Gasteiger partial charge is 0.248 e. The maximum Gasteiger partial charge on any atom is 0.248 e. The number of rotatable bonds is 1. The van der Waals surface area contributed by atoms with Crippen molar-refractivity contribution in [1.29, 1.82) is 0 Å². The highest BCUT2D eigenvalue weighted by Gasteiger charge is 2.24. The van der Waals surface area contributed by atoms with Gasteiger partial charge in [0.2, 0.25) is 5.91 Å². The number of benzene rings is 1. The van der Waals surface area contributed by atoms with Crippen molar-refractivity contribution in [2.75, 3.05) is 0 Å². The molecule has 0 spiro atoms. The van der Waals surface area contributed by atoms with Gasteiger partial charge < -0.3 is 5.73 Å². The average molecular weight is 189 g/mol. The Morgan fingerprint density at radius 1 is 1.50 bits per heavy atom. The molecule has 0 bridgehead atoms. The van der Waals surface area contributed by atoms with Crippen molar-refractivity contribution >= 4 is 5.91 Å². The van der Waals surface area contributed by atoms with Crippen LogP contribution in [0.3, 0.4) is 0 Å². The van der Waals surface area contributed by atoms with Gasteiger partial charge in [0.15, 0.2) is 0 Å². The van der Waals surface area contributed by atoms with Crippen LogP contribution in [-0.2, 0) is 6.42 Å². The van der Waals surface area contributed by atoms with Crippen molar-refractivity contribution < 1.29 is 4.79 Å². The Kier molecular flexibility index (Phi) is 2.06. The highest BCUT2D eigenvalue weighted by atomic mass is 16.1. The lowest BCUT2D eigenvalue weighted by molar-refractivity contribution is 0.0999. The number of carbonyl (C=O) groups excluding carboxylic acids is 1. The molecule has 0 aliphatic heterocycles. The maximum absolute atomic E-state index is 11.2. The second-order valence-electron chi connectivity index (χ2n) is 4.13. The van der Waals surface area contributed by atoms with Crippen LogP contribution in [0.25, 0.3) is 0 Å². The van der Waals surface area contributed by atoms with E-state index in [-0.39, 0.29) is 5.91 Å². The molecule has 74 valence electrons. The molecule has 2 rings (SSSR count). The zero-order valence-electron chi connectivity index (χ0n) is 8.63. The summed E-state index contributed by atoms with van der Waals surface area (Å²) < 4.78 is 0. The van der Waals surface area contributed by atoms with Gasteiger partial charge in [-0.25, -0.2) is 0 Å². The van der Waals surface area contributed by atoms with Crippen LogP contribution in [0.15, 0.2) is 12.1 Å². The summed E-state index contributed by atoms with van der Waals surface area (Å²) in [5.41, 5.74) is 9.88. The number of aryl methyl sites for hydroxylation is 1. The van der Waals surface area contributed by atoms with Crippen LogP contribution >= 0.6 is 0 Å². The molecule has 1 unspecified atom stereocenters. The lowest BCUT2D eigenvalue weighted by Gasteiger charge is -2.10. The molecule has 1 amide bonds. The van der Waals surface area contributed by atoms with Crippen LogP contribution in [0.2, 0.25) is 0 Å². The van der Waals surface area contributed by atoms with Crippen molar-refractivity contribution in [3.63, 3.8) is 0 Å². The second kappa shape index (κ2) is 3.12. The van der Waals surface area contributed by atoms with E-state index in [0.717, 1.165) is 18.4 Å². The van der Waals surface area contributed by atoms with Gasteiger partial charge in [-0.3, -0.25) is 4.79 Å². The van der Waals surface area contributed by atoms with Gasteiger partial charge in [0.1, 0.15) is 0 Å². The second-order valence-corrected chi connectivity index (χ2v) is 4.13. The Morgan fingerprint density at radius 2 is 2.21 bits per heavy atom. The summed E-state index contributed by atoms with van der Waals surface area (Å²) in [4.78, 5) is 11.2. The topological polar surface area (TPSA) is 43.1 Å². The van der Waals surface area contributed by atoms with Gasteiger partial charge in [0.25, 0.3) is 0 Å². The minimum absolute atomic E-state index is 0.296. The minimum atomic E-state index is -0.296. The van der Waals surface area contributed by atoms with Gasteiger partial charge in [0.05, 0.1) is 0 Å². The first-order valence-corrected chi connectivity index (χ1v) is 5.03. The zero-order chi connectivity index (χ0) is 10.3. The SMILES string of the molecule is Cc1ccc(C(N)=O)c2c1C(C)CC2. The van der Waals surface area contributed by atoms with Crippen LogP contribution < -0.4 is 5.73 Å². The highest BCUT2D eigenvalue weighted by Crippen LogP contribution is 2.36. The standard InChI is InChI=1S/C12H15NO/c1-7-3-5-9-10(12(13)14)6-4-8(2)11(7)9/h4,6-7H,3,5H2,1-2H3,(H2,13,14). The summed E-state index contributed by atoms with van der Waals surface area (Å²) in [7, 11) is 0. The zero-order valence-corrected chi connectivity index (χ0v) is 8.63. The molecule has 2 nitrogen and oxygen atoms in total. The van der Waals surface area contributed by atoms with Gasteiger partial charge in [-0.1, -0.05) is 13.0 Å². The molecule has 14 heavy (non-hydrogen) atoms. The lowest BCUT2D eigenvalue weighted by atomic mass is 9.95. The van der Waals surface area contributed by atoms with Crippen LogP contribution in [0, 0.1) is 6.92 Å². The van der Waals surface area contributed by atoms with Crippen LogP contribution in [0.1, 0.15) is 46.3 Å². The van der Waals surface area contributed by atoms with Crippen molar-refractivity contribution in [1.82, 2.24) is 0 Å². The van der Waals surface area contributed by atoms with E-state index in [9.17, 15) is 4.79 Å². The summed E-state index contributed by atoms with van der Waals surface area (Å²) in [6.45, 7) is 4.31. The fourth-order valence-electron chi connectivity index (χ4n) is 2.47. The van der Waals surface area contributed by atoms with Crippen molar-refractivity contribution in [3.8, 4) is 0 Å². The third-order valence-electron chi connectivity index (χ3n) is 3.16. The molecule has 0 saturated heterocycles. The fourth-order valence-corrected chi connectivity index (χ4v) is 2.47. The van der Waals surface area contributed by atoms with Crippen LogP contribution in [-0.4, -0.2) is 5.91 Å². The molecule has 0 heterocycles. The average Bonchev–Trinajstić information content (AvgIpc) is 2.49. The lowest BCUT2D eigenvalue weighted by Crippen LogP contribution is -2.14. The number of fused-ring (bicyclic) bond motifs is 1. The monoisotopic (exact) mass is 189 g/mol. The van der Waals surface area contributed by atoms with Gasteiger partial charge >= 0.3 is 0 Å². The highest BCUT2D eigenvalue weighted by molar-refractivity contribution is 5.95. The molecule has 2 N–H and O–H groups in total. The molecule has 1 aromatic rings. The van der Waals surface area contributed by atoms with Crippen molar-refractivity contribution in [2.45, 2.75) is 32.6 Å². The molecule has 1 aliphatic rings. The number of hydrogen-bond donors (Lipinski definition) is 1. The Hall–Kier alpha value is -1.31. The summed E-state index contributed by atoms with van der Waals surface area (Å²) in [5, 5.41) is 0. The van der Waals surface area contributed by atoms with Crippen LogP contribution in [0.5, 0.6) is 0 Å². The normalized spacial score (nSPS) is 19.4. The summed E-state index contributed by atoms with van der Waals surface area (Å²) in [5.74, 6) is 0.277. The van der Waals surface area contributed by atoms with E-state index in [1.807, 2.05) is 12.1 Å². The number of nitrogens with two attached hydrogens (primary N) is 1. The first-order valence-electron chi connectivity index (χ1n) is 5.03. The van der Waals surface area contributed by atoms with Gasteiger partial charge in [-0.15, -0.1) is 0 Å². The fraction of sp³-hybridized carbons (Fsp3) is 0.417. The predicted octanol–water partition coefficient (Wildman–Crippen LogP) is 2.14. The van der Waals surface area contributed by atoms with E-state index < -0.39 is 0 Å². The molecule has 0 saturated carbocycles. The largest absolute Gasteiger partial charge is 0.366 e. The third kappa shape index (κ3) is 1.22. The predicted molar refractivity (Wildman–Crippen MR) is 56.4 cm³/mol. The molecular weight excluding hydrogens is 174 g/mol. The summed E-state index contributed by atoms with van der Waals surface area (Å²) >= 11 is 0. The molecule has 0 aromatic heterocycles. The van der Waals surface area contributed by atoms with E-state index in [1.54, 1.807) is 0 Å². The molecule has 2 heteroatoms. The van der Waals surface area contributed by atoms with E-state index in [4.69, 9.17) is 5.73 Å². The Labute approximate surface area is 84.1 Å². The van der Waals surface area contributed by atoms with E-state index in [1.165, 1.54) is 16.7 Å².